The van der Waals surface area contributed by atoms with Crippen LogP contribution in [-0.2, 0) is 14.3 Å². The van der Waals surface area contributed by atoms with Crippen LogP contribution >= 0.6 is 0 Å². The molecular formula is C11H14O4. The third-order valence-corrected chi connectivity index (χ3v) is 2.67. The fourth-order valence-corrected chi connectivity index (χ4v) is 1.57. The summed E-state index contributed by atoms with van der Waals surface area (Å²) in [5.41, 5.74) is 2.48. The molecule has 0 bridgehead atoms. The molecule has 1 rings (SSSR count). The second-order valence-electron chi connectivity index (χ2n) is 3.67. The van der Waals surface area contributed by atoms with E-state index in [0.717, 1.165) is 11.1 Å². The number of hydrogen-bond donors (Lipinski definition) is 1. The first-order valence-corrected chi connectivity index (χ1v) is 4.66. The number of carboxylic acid groups (broad SMARTS) is 1. The van der Waals surface area contributed by atoms with Gasteiger partial charge in [0, 0.05) is 12.8 Å². The summed E-state index contributed by atoms with van der Waals surface area (Å²) >= 11 is 0. The highest BCUT2D eigenvalue weighted by Gasteiger charge is 2.25. The number of rotatable bonds is 2. The molecule has 4 nitrogen and oxygen atoms in total. The molecule has 0 amide bonds. The first kappa shape index (κ1) is 11.5. The lowest BCUT2D eigenvalue weighted by Crippen LogP contribution is -2.17. The summed E-state index contributed by atoms with van der Waals surface area (Å²) in [6, 6.07) is 0. The normalized spacial score (nSPS) is 16.7. The van der Waals surface area contributed by atoms with Crippen molar-refractivity contribution in [2.45, 2.75) is 26.7 Å². The molecule has 1 aliphatic carbocycles. The highest BCUT2D eigenvalue weighted by Crippen LogP contribution is 2.30. The van der Waals surface area contributed by atoms with E-state index in [-0.39, 0.29) is 11.1 Å². The van der Waals surface area contributed by atoms with Crippen LogP contribution in [0.5, 0.6) is 0 Å². The zero-order valence-electron chi connectivity index (χ0n) is 9.09. The predicted molar refractivity (Wildman–Crippen MR) is 54.3 cm³/mol. The fourth-order valence-electron chi connectivity index (χ4n) is 1.57. The van der Waals surface area contributed by atoms with Crippen LogP contribution < -0.4 is 0 Å². The van der Waals surface area contributed by atoms with E-state index in [4.69, 9.17) is 5.11 Å². The van der Waals surface area contributed by atoms with E-state index in [1.165, 1.54) is 7.11 Å². The van der Waals surface area contributed by atoms with Crippen molar-refractivity contribution in [3.8, 4) is 0 Å². The number of ether oxygens (including phenoxy) is 1. The molecule has 4 heteroatoms. The maximum absolute atomic E-state index is 11.4. The maximum Gasteiger partial charge on any atom is 0.334 e. The molecule has 82 valence electrons. The zero-order chi connectivity index (χ0) is 11.6. The molecule has 0 aromatic heterocycles. The van der Waals surface area contributed by atoms with Crippen LogP contribution in [0.1, 0.15) is 26.7 Å². The number of carboxylic acids is 1. The number of carbonyl (C=O) groups excluding carboxylic acids is 1. The van der Waals surface area contributed by atoms with Crippen LogP contribution in [0.4, 0.5) is 0 Å². The summed E-state index contributed by atoms with van der Waals surface area (Å²) in [7, 11) is 1.26. The topological polar surface area (TPSA) is 63.6 Å². The van der Waals surface area contributed by atoms with E-state index in [9.17, 15) is 9.59 Å². The Morgan fingerprint density at radius 2 is 1.60 bits per heavy atom. The van der Waals surface area contributed by atoms with Gasteiger partial charge in [0.15, 0.2) is 0 Å². The van der Waals surface area contributed by atoms with Crippen molar-refractivity contribution in [3.63, 3.8) is 0 Å². The number of methoxy groups -OCH3 is 1. The van der Waals surface area contributed by atoms with Crippen molar-refractivity contribution < 1.29 is 19.4 Å². The molecule has 0 fully saturated rings. The van der Waals surface area contributed by atoms with Gasteiger partial charge < -0.3 is 9.84 Å². The van der Waals surface area contributed by atoms with Gasteiger partial charge in [-0.25, -0.2) is 9.59 Å². The molecule has 15 heavy (non-hydrogen) atoms. The van der Waals surface area contributed by atoms with Gasteiger partial charge in [0.1, 0.15) is 0 Å². The average Bonchev–Trinajstić information content (AvgIpc) is 2.20. The van der Waals surface area contributed by atoms with Gasteiger partial charge in [-0.2, -0.15) is 0 Å². The molecular weight excluding hydrogens is 196 g/mol. The molecule has 0 unspecified atom stereocenters. The van der Waals surface area contributed by atoms with Crippen LogP contribution in [0.3, 0.4) is 0 Å². The van der Waals surface area contributed by atoms with Crippen molar-refractivity contribution in [2.75, 3.05) is 7.11 Å². The molecule has 0 aromatic rings. The van der Waals surface area contributed by atoms with Crippen LogP contribution in [0.2, 0.25) is 0 Å². The molecule has 1 aliphatic rings. The molecule has 0 aromatic carbocycles. The van der Waals surface area contributed by atoms with Gasteiger partial charge in [-0.05, 0) is 13.8 Å². The Hall–Kier alpha value is -1.58. The Bertz CT molecular complexity index is 374. The Morgan fingerprint density at radius 3 is 2.00 bits per heavy atom. The summed E-state index contributed by atoms with van der Waals surface area (Å²) < 4.78 is 4.57. The number of carbonyl (C=O) groups is 2. The first-order valence-electron chi connectivity index (χ1n) is 4.66. The molecule has 0 saturated heterocycles. The van der Waals surface area contributed by atoms with E-state index >= 15 is 0 Å². The highest BCUT2D eigenvalue weighted by molar-refractivity contribution is 6.00. The summed E-state index contributed by atoms with van der Waals surface area (Å²) in [5.74, 6) is -1.58. The lowest BCUT2D eigenvalue weighted by Gasteiger charge is -2.18. The van der Waals surface area contributed by atoms with Crippen molar-refractivity contribution in [1.82, 2.24) is 0 Å². The Morgan fingerprint density at radius 1 is 1.13 bits per heavy atom. The summed E-state index contributed by atoms with van der Waals surface area (Å²) in [6.07, 6.45) is 0.700. The van der Waals surface area contributed by atoms with Crippen LogP contribution in [0, 0.1) is 0 Å². The zero-order valence-corrected chi connectivity index (χ0v) is 9.09. The van der Waals surface area contributed by atoms with Gasteiger partial charge >= 0.3 is 11.9 Å². The van der Waals surface area contributed by atoms with Crippen molar-refractivity contribution >= 4 is 11.9 Å². The Balaban J connectivity index is 3.11. The number of aliphatic carboxylic acids is 1. The van der Waals surface area contributed by atoms with Crippen molar-refractivity contribution in [3.05, 3.63) is 22.3 Å². The minimum Gasteiger partial charge on any atom is -0.478 e. The SMILES string of the molecule is COC(=O)C1=C(C(=O)O)CC(C)=C(C)C1. The van der Waals surface area contributed by atoms with E-state index in [1.54, 1.807) is 0 Å². The quantitative estimate of drug-likeness (QED) is 0.556. The molecule has 0 saturated carbocycles. The molecule has 0 aliphatic heterocycles. The average molecular weight is 210 g/mol. The van der Waals surface area contributed by atoms with E-state index in [0.29, 0.717) is 12.8 Å². The number of hydrogen-bond acceptors (Lipinski definition) is 3. The summed E-state index contributed by atoms with van der Waals surface area (Å²) in [4.78, 5) is 22.3. The van der Waals surface area contributed by atoms with Gasteiger partial charge in [0.05, 0.1) is 18.3 Å². The lowest BCUT2D eigenvalue weighted by molar-refractivity contribution is -0.138. The third-order valence-electron chi connectivity index (χ3n) is 2.67. The lowest BCUT2D eigenvalue weighted by atomic mass is 9.87. The smallest absolute Gasteiger partial charge is 0.334 e. The molecule has 0 heterocycles. The van der Waals surface area contributed by atoms with E-state index in [1.807, 2.05) is 13.8 Å². The van der Waals surface area contributed by atoms with E-state index < -0.39 is 11.9 Å². The largest absolute Gasteiger partial charge is 0.478 e. The Kier molecular flexibility index (Phi) is 3.29. The standard InChI is InChI=1S/C11H14O4/c1-6-4-8(10(12)13)9(5-7(6)2)11(14)15-3/h4-5H2,1-3H3,(H,12,13). The molecule has 0 spiro atoms. The van der Waals surface area contributed by atoms with Crippen LogP contribution in [0.25, 0.3) is 0 Å². The van der Waals surface area contributed by atoms with Gasteiger partial charge in [-0.1, -0.05) is 11.1 Å². The maximum atomic E-state index is 11.4. The number of allylic oxidation sites excluding steroid dienone is 2. The first-order chi connectivity index (χ1) is 6.97. The molecule has 1 N–H and O–H groups in total. The van der Waals surface area contributed by atoms with Crippen molar-refractivity contribution in [2.24, 2.45) is 0 Å². The molecule has 0 atom stereocenters. The fraction of sp³-hybridized carbons (Fsp3) is 0.455. The monoisotopic (exact) mass is 210 g/mol. The number of esters is 1. The van der Waals surface area contributed by atoms with Gasteiger partial charge in [0.25, 0.3) is 0 Å². The minimum absolute atomic E-state index is 0.157. The minimum atomic E-state index is -1.04. The van der Waals surface area contributed by atoms with Crippen LogP contribution in [0.15, 0.2) is 22.3 Å². The van der Waals surface area contributed by atoms with Gasteiger partial charge in [0.2, 0.25) is 0 Å². The molecule has 0 radical (unpaired) electrons. The second-order valence-corrected chi connectivity index (χ2v) is 3.67. The predicted octanol–water partition coefficient (Wildman–Crippen LogP) is 1.67. The third kappa shape index (κ3) is 2.26. The second kappa shape index (κ2) is 4.29. The van der Waals surface area contributed by atoms with Gasteiger partial charge in [-0.15, -0.1) is 0 Å². The van der Waals surface area contributed by atoms with Gasteiger partial charge in [-0.3, -0.25) is 0 Å². The summed E-state index contributed by atoms with van der Waals surface area (Å²) in [5, 5.41) is 8.97. The Labute approximate surface area is 88.2 Å². The van der Waals surface area contributed by atoms with Crippen LogP contribution in [-0.4, -0.2) is 24.2 Å². The van der Waals surface area contributed by atoms with Crippen molar-refractivity contribution in [1.29, 1.82) is 0 Å². The highest BCUT2D eigenvalue weighted by atomic mass is 16.5. The van der Waals surface area contributed by atoms with E-state index in [2.05, 4.69) is 4.74 Å². The summed E-state index contributed by atoms with van der Waals surface area (Å²) in [6.45, 7) is 3.78.